The Morgan fingerprint density at radius 2 is 1.61 bits per heavy atom. The van der Waals surface area contributed by atoms with Gasteiger partial charge in [-0.1, -0.05) is 33.6 Å². The number of nitrogens with one attached hydrogen (secondary N) is 1. The minimum absolute atomic E-state index is 0.0505. The minimum Gasteiger partial charge on any atom is -0.493 e. The fourth-order valence-electron chi connectivity index (χ4n) is 4.38. The van der Waals surface area contributed by atoms with Gasteiger partial charge in [0.05, 0.1) is 31.0 Å². The van der Waals surface area contributed by atoms with Gasteiger partial charge in [-0.05, 0) is 75.4 Å². The van der Waals surface area contributed by atoms with Crippen LogP contribution in [-0.2, 0) is 14.8 Å². The lowest BCUT2D eigenvalue weighted by molar-refractivity contribution is -0.119. The van der Waals surface area contributed by atoms with E-state index in [2.05, 4.69) is 31.0 Å². The number of nitrogens with zero attached hydrogens (tertiary/aromatic N) is 3. The van der Waals surface area contributed by atoms with E-state index in [0.29, 0.717) is 11.5 Å². The predicted molar refractivity (Wildman–Crippen MR) is 164 cm³/mol. The molecule has 3 aromatic carbocycles. The molecule has 0 fully saturated rings. The Balaban J connectivity index is 1.59. The summed E-state index contributed by atoms with van der Waals surface area (Å²) in [6.07, 6.45) is 1.55. The van der Waals surface area contributed by atoms with Crippen molar-refractivity contribution in [2.75, 3.05) is 25.1 Å². The van der Waals surface area contributed by atoms with E-state index in [-0.39, 0.29) is 10.6 Å². The maximum absolute atomic E-state index is 13.7. The van der Waals surface area contributed by atoms with E-state index in [4.69, 9.17) is 9.47 Å². The molecule has 0 aliphatic heterocycles. The van der Waals surface area contributed by atoms with Gasteiger partial charge in [-0.2, -0.15) is 5.10 Å². The number of benzene rings is 3. The number of aromatic nitrogens is 1. The zero-order chi connectivity index (χ0) is 29.7. The molecule has 1 aromatic heterocycles. The van der Waals surface area contributed by atoms with E-state index in [9.17, 15) is 13.2 Å². The highest BCUT2D eigenvalue weighted by Crippen LogP contribution is 2.33. The molecule has 1 N–H and O–H groups in total. The highest BCUT2D eigenvalue weighted by atomic mass is 79.9. The number of hydrogen-bond acceptors (Lipinski definition) is 6. The van der Waals surface area contributed by atoms with Crippen LogP contribution in [0.1, 0.15) is 22.5 Å². The van der Waals surface area contributed by atoms with Gasteiger partial charge in [-0.15, -0.1) is 0 Å². The van der Waals surface area contributed by atoms with Crippen LogP contribution in [0.25, 0.3) is 5.69 Å². The molecule has 41 heavy (non-hydrogen) atoms. The lowest BCUT2D eigenvalue weighted by Gasteiger charge is -2.24. The average molecular weight is 640 g/mol. The van der Waals surface area contributed by atoms with E-state index in [1.54, 1.807) is 30.5 Å². The summed E-state index contributed by atoms with van der Waals surface area (Å²) in [5.41, 5.74) is 7.37. The molecule has 0 spiro atoms. The summed E-state index contributed by atoms with van der Waals surface area (Å²) >= 11 is 3.46. The van der Waals surface area contributed by atoms with E-state index >= 15 is 0 Å². The molecule has 11 heteroatoms. The number of carbonyl (C=O) groups excluding carboxylic acids is 1. The Bertz CT molecular complexity index is 1680. The lowest BCUT2D eigenvalue weighted by Crippen LogP contribution is -2.39. The first-order valence-corrected chi connectivity index (χ1v) is 14.9. The van der Waals surface area contributed by atoms with Gasteiger partial charge in [0.25, 0.3) is 15.9 Å². The van der Waals surface area contributed by atoms with Crippen LogP contribution in [0.5, 0.6) is 11.5 Å². The molecule has 0 unspecified atom stereocenters. The molecular formula is C30H31BrN4O5S. The number of anilines is 1. The van der Waals surface area contributed by atoms with E-state index in [0.717, 1.165) is 37.0 Å². The van der Waals surface area contributed by atoms with Gasteiger partial charge in [-0.3, -0.25) is 9.10 Å². The van der Waals surface area contributed by atoms with Crippen molar-refractivity contribution in [2.45, 2.75) is 25.7 Å². The standard InChI is InChI=1S/C30H31BrN4O5S/c1-20-6-13-27(14-7-20)41(37,38)34(26-12-15-28(39-4)29(17-26)40-5)19-30(36)33-32-18-23-16-21(2)35(22(23)3)25-10-8-24(31)9-11-25/h6-18H,19H2,1-5H3,(H,33,36)/b32-18-. The Morgan fingerprint density at radius 1 is 0.951 bits per heavy atom. The maximum Gasteiger partial charge on any atom is 0.264 e. The maximum atomic E-state index is 13.7. The van der Waals surface area contributed by atoms with Crippen molar-refractivity contribution in [3.63, 3.8) is 0 Å². The summed E-state index contributed by atoms with van der Waals surface area (Å²) < 4.78 is 42.1. The number of hydrazone groups is 1. The van der Waals surface area contributed by atoms with Crippen molar-refractivity contribution in [1.29, 1.82) is 0 Å². The van der Waals surface area contributed by atoms with Crippen molar-refractivity contribution in [2.24, 2.45) is 5.10 Å². The number of ether oxygens (including phenoxy) is 2. The van der Waals surface area contributed by atoms with Crippen molar-refractivity contribution < 1.29 is 22.7 Å². The number of methoxy groups -OCH3 is 2. The normalized spacial score (nSPS) is 11.5. The second-order valence-corrected chi connectivity index (χ2v) is 12.1. The number of hydrogen-bond donors (Lipinski definition) is 1. The monoisotopic (exact) mass is 638 g/mol. The number of halogens is 1. The molecule has 0 aliphatic carbocycles. The molecule has 0 bridgehead atoms. The highest BCUT2D eigenvalue weighted by molar-refractivity contribution is 9.10. The molecule has 0 aliphatic rings. The molecule has 0 saturated heterocycles. The molecule has 1 amide bonds. The van der Waals surface area contributed by atoms with Crippen LogP contribution in [0.3, 0.4) is 0 Å². The Morgan fingerprint density at radius 3 is 2.24 bits per heavy atom. The number of amides is 1. The van der Waals surface area contributed by atoms with Gasteiger partial charge in [-0.25, -0.2) is 13.8 Å². The van der Waals surface area contributed by atoms with Crippen LogP contribution in [-0.4, -0.2) is 45.9 Å². The molecule has 4 aromatic rings. The van der Waals surface area contributed by atoms with Gasteiger partial charge in [0, 0.05) is 33.2 Å². The van der Waals surface area contributed by atoms with Crippen LogP contribution < -0.4 is 19.2 Å². The zero-order valence-corrected chi connectivity index (χ0v) is 25.8. The fraction of sp³-hybridized carbons (Fsp3) is 0.200. The average Bonchev–Trinajstić information content (AvgIpc) is 3.24. The second kappa shape index (κ2) is 12.6. The summed E-state index contributed by atoms with van der Waals surface area (Å²) in [4.78, 5) is 13.1. The van der Waals surface area contributed by atoms with Crippen molar-refractivity contribution in [3.05, 3.63) is 99.8 Å². The molecular weight excluding hydrogens is 608 g/mol. The third kappa shape index (κ3) is 6.63. The third-order valence-electron chi connectivity index (χ3n) is 6.50. The molecule has 4 rings (SSSR count). The highest BCUT2D eigenvalue weighted by Gasteiger charge is 2.28. The van der Waals surface area contributed by atoms with Crippen LogP contribution in [0.4, 0.5) is 5.69 Å². The van der Waals surface area contributed by atoms with Gasteiger partial charge in [0.1, 0.15) is 6.54 Å². The second-order valence-electron chi connectivity index (χ2n) is 9.30. The van der Waals surface area contributed by atoms with Gasteiger partial charge < -0.3 is 14.0 Å². The largest absolute Gasteiger partial charge is 0.493 e. The number of rotatable bonds is 10. The molecule has 0 radical (unpaired) electrons. The van der Waals surface area contributed by atoms with E-state index < -0.39 is 22.5 Å². The third-order valence-corrected chi connectivity index (χ3v) is 8.82. The summed E-state index contributed by atoms with van der Waals surface area (Å²) in [6.45, 7) is 5.30. The molecule has 9 nitrogen and oxygen atoms in total. The minimum atomic E-state index is -4.11. The van der Waals surface area contributed by atoms with Crippen molar-refractivity contribution in [3.8, 4) is 17.2 Å². The Hall–Kier alpha value is -4.09. The topological polar surface area (TPSA) is 102 Å². The summed E-state index contributed by atoms with van der Waals surface area (Å²) in [5, 5.41) is 4.13. The quantitative estimate of drug-likeness (QED) is 0.182. The number of aryl methyl sites for hydroxylation is 2. The van der Waals surface area contributed by atoms with Crippen LogP contribution in [0.15, 0.2) is 87.3 Å². The number of carbonyl (C=O) groups is 1. The molecule has 1 heterocycles. The zero-order valence-electron chi connectivity index (χ0n) is 23.4. The van der Waals surface area contributed by atoms with Gasteiger partial charge in [0.2, 0.25) is 0 Å². The molecule has 214 valence electrons. The first-order chi connectivity index (χ1) is 19.5. The summed E-state index contributed by atoms with van der Waals surface area (Å²) in [6, 6.07) is 21.0. The van der Waals surface area contributed by atoms with Gasteiger partial charge in [0.15, 0.2) is 11.5 Å². The first-order valence-electron chi connectivity index (χ1n) is 12.6. The van der Waals surface area contributed by atoms with Crippen LogP contribution in [0, 0.1) is 20.8 Å². The fourth-order valence-corrected chi connectivity index (χ4v) is 6.06. The first kappa shape index (κ1) is 29.9. The summed E-state index contributed by atoms with van der Waals surface area (Å²) in [7, 11) is -1.17. The molecule has 0 saturated carbocycles. The smallest absolute Gasteiger partial charge is 0.264 e. The molecule has 0 atom stereocenters. The Labute approximate surface area is 248 Å². The van der Waals surface area contributed by atoms with E-state index in [1.807, 2.05) is 51.1 Å². The number of sulfonamides is 1. The Kier molecular flexibility index (Phi) is 9.19. The van der Waals surface area contributed by atoms with Crippen LogP contribution >= 0.6 is 15.9 Å². The van der Waals surface area contributed by atoms with Crippen molar-refractivity contribution in [1.82, 2.24) is 9.99 Å². The van der Waals surface area contributed by atoms with E-state index in [1.165, 1.54) is 32.4 Å². The SMILES string of the molecule is COc1ccc(N(CC(=O)N/N=C\c2cc(C)n(-c3ccc(Br)cc3)c2C)S(=O)(=O)c2ccc(C)cc2)cc1OC. The van der Waals surface area contributed by atoms with Crippen LogP contribution in [0.2, 0.25) is 0 Å². The lowest BCUT2D eigenvalue weighted by atomic mass is 10.2. The van der Waals surface area contributed by atoms with Crippen molar-refractivity contribution >= 4 is 43.8 Å². The predicted octanol–water partition coefficient (Wildman–Crippen LogP) is 5.53. The van der Waals surface area contributed by atoms with Gasteiger partial charge >= 0.3 is 0 Å². The summed E-state index contributed by atoms with van der Waals surface area (Å²) in [5.74, 6) is 0.140.